The van der Waals surface area contributed by atoms with Crippen molar-refractivity contribution < 1.29 is 9.47 Å². The fourth-order valence-corrected chi connectivity index (χ4v) is 5.18. The largest absolute Gasteiger partial charge is 0.491 e. The normalized spacial score (nSPS) is 26.4. The number of aromatic nitrogens is 2. The first-order valence-corrected chi connectivity index (χ1v) is 11.5. The number of fused-ring (bicyclic) bond motifs is 2. The Hall–Kier alpha value is -2.57. The lowest BCUT2D eigenvalue weighted by molar-refractivity contribution is -0.00265. The van der Waals surface area contributed by atoms with Gasteiger partial charge in [0.25, 0.3) is 0 Å². The number of piperidine rings is 1. The van der Waals surface area contributed by atoms with Crippen LogP contribution in [0.3, 0.4) is 0 Å². The number of nitrogens with zero attached hydrogens (tertiary/aromatic N) is 3. The van der Waals surface area contributed by atoms with Crippen LogP contribution >= 0.6 is 0 Å². The zero-order valence-corrected chi connectivity index (χ0v) is 18.0. The van der Waals surface area contributed by atoms with Gasteiger partial charge in [0.05, 0.1) is 29.7 Å². The van der Waals surface area contributed by atoms with Crippen LogP contribution in [0, 0.1) is 0 Å². The zero-order chi connectivity index (χ0) is 20.8. The number of benzene rings is 2. The molecule has 2 aromatic carbocycles. The number of rotatable bonds is 5. The number of hydrogen-bond donors (Lipinski definition) is 1. The van der Waals surface area contributed by atoms with E-state index in [1.54, 1.807) is 0 Å². The summed E-state index contributed by atoms with van der Waals surface area (Å²) in [5.41, 5.74) is 3.44. The van der Waals surface area contributed by atoms with Gasteiger partial charge in [-0.1, -0.05) is 24.3 Å². The predicted molar refractivity (Wildman–Crippen MR) is 122 cm³/mol. The molecule has 6 nitrogen and oxygen atoms in total. The van der Waals surface area contributed by atoms with Crippen molar-refractivity contribution in [3.05, 3.63) is 54.2 Å². The lowest BCUT2D eigenvalue weighted by Crippen LogP contribution is -2.53. The second-order valence-electron chi connectivity index (χ2n) is 9.11. The molecule has 0 unspecified atom stereocenters. The van der Waals surface area contributed by atoms with Crippen molar-refractivity contribution in [3.8, 4) is 5.75 Å². The fourth-order valence-electron chi connectivity index (χ4n) is 5.18. The van der Waals surface area contributed by atoms with E-state index in [1.807, 2.05) is 7.11 Å². The van der Waals surface area contributed by atoms with Crippen molar-refractivity contribution in [1.82, 2.24) is 14.7 Å². The van der Waals surface area contributed by atoms with Crippen LogP contribution < -0.4 is 10.1 Å². The van der Waals surface area contributed by atoms with Gasteiger partial charge in [-0.05, 0) is 50.4 Å². The number of methoxy groups -OCH3 is 1. The van der Waals surface area contributed by atoms with Gasteiger partial charge in [-0.2, -0.15) is 5.10 Å². The first-order chi connectivity index (χ1) is 15.3. The average molecular weight is 419 g/mol. The highest BCUT2D eigenvalue weighted by atomic mass is 16.5. The number of nitrogens with one attached hydrogen (secondary N) is 1. The Morgan fingerprint density at radius 1 is 1.10 bits per heavy atom. The highest BCUT2D eigenvalue weighted by molar-refractivity contribution is 5.91. The molecular weight excluding hydrogens is 388 g/mol. The Balaban J connectivity index is 1.36. The van der Waals surface area contributed by atoms with Crippen molar-refractivity contribution in [2.75, 3.05) is 32.1 Å². The molecule has 2 fully saturated rings. The molecule has 1 aliphatic carbocycles. The summed E-state index contributed by atoms with van der Waals surface area (Å²) < 4.78 is 14.1. The van der Waals surface area contributed by atoms with E-state index in [9.17, 15) is 0 Å². The molecule has 1 saturated heterocycles. The first kappa shape index (κ1) is 19.1. The molecule has 162 valence electrons. The summed E-state index contributed by atoms with van der Waals surface area (Å²) in [6.07, 6.45) is 7.29. The summed E-state index contributed by atoms with van der Waals surface area (Å²) in [4.78, 5) is 2.55. The van der Waals surface area contributed by atoms with Gasteiger partial charge in [-0.15, -0.1) is 0 Å². The smallest absolute Gasteiger partial charge is 0.124 e. The molecular formula is C25H30N4O2. The molecule has 0 spiro atoms. The number of ether oxygens (including phenoxy) is 2. The topological polar surface area (TPSA) is 51.6 Å². The standard InChI is InChI=1S/C25H30N4O2/c1-30-18-6-5-13-28(14-18)23-16-31-24-10-3-2-7-19(24)25(23)26-21-8-4-9-22-20(21)15-29(27-22)17-11-12-17/h2-4,7-10,15,17-18,23,25-26H,5-6,11-14,16H2,1H3/t18-,23-,25-/m0/s1. The lowest BCUT2D eigenvalue weighted by Gasteiger charge is -2.44. The summed E-state index contributed by atoms with van der Waals surface area (Å²) in [7, 11) is 1.83. The zero-order valence-electron chi connectivity index (χ0n) is 18.0. The highest BCUT2D eigenvalue weighted by Crippen LogP contribution is 2.40. The average Bonchev–Trinajstić information content (AvgIpc) is 3.58. The Kier molecular flexibility index (Phi) is 4.84. The molecule has 0 amide bonds. The van der Waals surface area contributed by atoms with Crippen molar-refractivity contribution in [3.63, 3.8) is 0 Å². The van der Waals surface area contributed by atoms with Gasteiger partial charge in [0, 0.05) is 36.5 Å². The Bertz CT molecular complexity index is 1080. The van der Waals surface area contributed by atoms with Crippen LogP contribution in [0.4, 0.5) is 5.69 Å². The summed E-state index contributed by atoms with van der Waals surface area (Å²) in [5.74, 6) is 0.984. The lowest BCUT2D eigenvalue weighted by atomic mass is 9.92. The second-order valence-corrected chi connectivity index (χ2v) is 9.11. The van der Waals surface area contributed by atoms with Crippen molar-refractivity contribution in [2.24, 2.45) is 0 Å². The molecule has 1 N–H and O–H groups in total. The van der Waals surface area contributed by atoms with Crippen LogP contribution in [0.2, 0.25) is 0 Å². The summed E-state index contributed by atoms with van der Waals surface area (Å²) in [6, 6.07) is 15.8. The number of likely N-dealkylation sites (tertiary alicyclic amines) is 1. The van der Waals surface area contributed by atoms with E-state index in [0.717, 1.165) is 42.9 Å². The Morgan fingerprint density at radius 3 is 2.87 bits per heavy atom. The molecule has 31 heavy (non-hydrogen) atoms. The minimum absolute atomic E-state index is 0.149. The summed E-state index contributed by atoms with van der Waals surface area (Å²) in [6.45, 7) is 2.72. The van der Waals surface area contributed by atoms with Gasteiger partial charge in [-0.25, -0.2) is 0 Å². The summed E-state index contributed by atoms with van der Waals surface area (Å²) >= 11 is 0. The summed E-state index contributed by atoms with van der Waals surface area (Å²) in [5, 5.41) is 9.94. The first-order valence-electron chi connectivity index (χ1n) is 11.5. The van der Waals surface area contributed by atoms with Crippen molar-refractivity contribution in [2.45, 2.75) is 49.9 Å². The Labute approximate surface area is 183 Å². The van der Waals surface area contributed by atoms with Crippen molar-refractivity contribution in [1.29, 1.82) is 0 Å². The Morgan fingerprint density at radius 2 is 2.00 bits per heavy atom. The van der Waals surface area contributed by atoms with Crippen LogP contribution in [0.1, 0.15) is 43.3 Å². The molecule has 3 aliphatic rings. The number of anilines is 1. The minimum Gasteiger partial charge on any atom is -0.491 e. The van der Waals surface area contributed by atoms with E-state index in [-0.39, 0.29) is 12.1 Å². The van der Waals surface area contributed by atoms with E-state index >= 15 is 0 Å². The van der Waals surface area contributed by atoms with Gasteiger partial charge in [-0.3, -0.25) is 9.58 Å². The number of hydrogen-bond acceptors (Lipinski definition) is 5. The molecule has 0 bridgehead atoms. The SMILES string of the molecule is CO[C@H]1CCCN([C@H]2COc3ccccc3[C@@H]2Nc2cccc3nn(C4CC4)cc23)C1. The predicted octanol–water partition coefficient (Wildman–Crippen LogP) is 4.40. The molecule has 1 saturated carbocycles. The van der Waals surface area contributed by atoms with E-state index < -0.39 is 0 Å². The van der Waals surface area contributed by atoms with Gasteiger partial charge in [0.15, 0.2) is 0 Å². The third-order valence-corrected chi connectivity index (χ3v) is 7.06. The van der Waals surface area contributed by atoms with E-state index in [2.05, 4.69) is 63.6 Å². The molecule has 3 heterocycles. The third kappa shape index (κ3) is 3.58. The van der Waals surface area contributed by atoms with Crippen LogP contribution in [0.25, 0.3) is 10.9 Å². The maximum absolute atomic E-state index is 6.22. The van der Waals surface area contributed by atoms with Gasteiger partial charge in [0.1, 0.15) is 12.4 Å². The maximum atomic E-state index is 6.22. The van der Waals surface area contributed by atoms with Gasteiger partial charge < -0.3 is 14.8 Å². The maximum Gasteiger partial charge on any atom is 0.124 e. The molecule has 1 aromatic heterocycles. The van der Waals surface area contributed by atoms with Crippen LogP contribution in [0.5, 0.6) is 5.75 Å². The minimum atomic E-state index is 0.149. The fraction of sp³-hybridized carbons (Fsp3) is 0.480. The van der Waals surface area contributed by atoms with Gasteiger partial charge >= 0.3 is 0 Å². The molecule has 6 heteroatoms. The third-order valence-electron chi connectivity index (χ3n) is 7.06. The number of para-hydroxylation sites is 1. The van der Waals surface area contributed by atoms with E-state index in [4.69, 9.17) is 14.6 Å². The molecule has 2 aliphatic heterocycles. The molecule has 3 aromatic rings. The van der Waals surface area contributed by atoms with Gasteiger partial charge in [0.2, 0.25) is 0 Å². The monoisotopic (exact) mass is 418 g/mol. The van der Waals surface area contributed by atoms with Crippen LogP contribution in [0.15, 0.2) is 48.7 Å². The van der Waals surface area contributed by atoms with Crippen LogP contribution in [-0.2, 0) is 4.74 Å². The van der Waals surface area contributed by atoms with Crippen LogP contribution in [-0.4, -0.2) is 53.6 Å². The van der Waals surface area contributed by atoms with Crippen molar-refractivity contribution >= 4 is 16.6 Å². The second kappa shape index (κ2) is 7.84. The molecule has 6 rings (SSSR count). The highest BCUT2D eigenvalue weighted by Gasteiger charge is 2.37. The molecule has 0 radical (unpaired) electrons. The quantitative estimate of drug-likeness (QED) is 0.666. The van der Waals surface area contributed by atoms with E-state index in [1.165, 1.54) is 23.8 Å². The molecule has 3 atom stereocenters. The van der Waals surface area contributed by atoms with E-state index in [0.29, 0.717) is 18.8 Å².